The molecule has 102 valence electrons. The van der Waals surface area contributed by atoms with Crippen molar-refractivity contribution in [1.82, 2.24) is 16.0 Å². The predicted octanol–water partition coefficient (Wildman–Crippen LogP) is 0.514. The molecule has 2 rings (SSSR count). The zero-order valence-corrected chi connectivity index (χ0v) is 12.0. The zero-order chi connectivity index (χ0) is 13.7. The van der Waals surface area contributed by atoms with Gasteiger partial charge in [0.1, 0.15) is 0 Å². The maximum absolute atomic E-state index is 11.8. The van der Waals surface area contributed by atoms with E-state index in [0.717, 1.165) is 17.6 Å². The van der Waals surface area contributed by atoms with Crippen LogP contribution in [0.4, 0.5) is 0 Å². The number of halogens is 1. The highest BCUT2D eigenvalue weighted by Crippen LogP contribution is 2.11. The number of benzene rings is 1. The van der Waals surface area contributed by atoms with Gasteiger partial charge in [-0.2, -0.15) is 0 Å². The van der Waals surface area contributed by atoms with Crippen molar-refractivity contribution in [3.05, 3.63) is 34.3 Å². The van der Waals surface area contributed by atoms with Gasteiger partial charge >= 0.3 is 0 Å². The monoisotopic (exact) mass is 325 g/mol. The molecule has 2 amide bonds. The van der Waals surface area contributed by atoms with Crippen molar-refractivity contribution in [2.24, 2.45) is 5.92 Å². The molecule has 0 atom stereocenters. The van der Waals surface area contributed by atoms with Crippen molar-refractivity contribution in [3.63, 3.8) is 0 Å². The molecule has 0 spiro atoms. The van der Waals surface area contributed by atoms with E-state index in [2.05, 4.69) is 31.9 Å². The number of nitrogens with one attached hydrogen (secondary N) is 3. The molecule has 0 radical (unpaired) electrons. The summed E-state index contributed by atoms with van der Waals surface area (Å²) in [4.78, 5) is 23.3. The van der Waals surface area contributed by atoms with Crippen LogP contribution in [0.2, 0.25) is 0 Å². The first-order chi connectivity index (χ1) is 9.15. The summed E-state index contributed by atoms with van der Waals surface area (Å²) in [6.45, 7) is 2.57. The van der Waals surface area contributed by atoms with E-state index in [1.807, 2.05) is 6.07 Å². The summed E-state index contributed by atoms with van der Waals surface area (Å²) in [6.07, 6.45) is 0. The second-order valence-electron chi connectivity index (χ2n) is 4.52. The van der Waals surface area contributed by atoms with Gasteiger partial charge in [-0.05, 0) is 18.2 Å². The molecule has 0 saturated carbocycles. The molecule has 1 saturated heterocycles. The van der Waals surface area contributed by atoms with E-state index in [-0.39, 0.29) is 18.4 Å². The van der Waals surface area contributed by atoms with Crippen LogP contribution in [0, 0.1) is 5.92 Å². The lowest BCUT2D eigenvalue weighted by Crippen LogP contribution is -2.49. The quantitative estimate of drug-likeness (QED) is 0.739. The van der Waals surface area contributed by atoms with Gasteiger partial charge in [-0.1, -0.05) is 22.0 Å². The lowest BCUT2D eigenvalue weighted by Gasteiger charge is -2.27. The van der Waals surface area contributed by atoms with E-state index >= 15 is 0 Å². The van der Waals surface area contributed by atoms with Crippen LogP contribution in [0.15, 0.2) is 28.7 Å². The maximum atomic E-state index is 11.8. The minimum absolute atomic E-state index is 0.00545. The maximum Gasteiger partial charge on any atom is 0.251 e. The van der Waals surface area contributed by atoms with Crippen LogP contribution in [0.5, 0.6) is 0 Å². The van der Waals surface area contributed by atoms with Gasteiger partial charge in [0.05, 0.1) is 6.54 Å². The smallest absolute Gasteiger partial charge is 0.251 e. The topological polar surface area (TPSA) is 70.2 Å². The molecule has 3 N–H and O–H groups in total. The zero-order valence-electron chi connectivity index (χ0n) is 10.4. The van der Waals surface area contributed by atoms with Gasteiger partial charge in [-0.3, -0.25) is 9.59 Å². The molecule has 5 nitrogen and oxygen atoms in total. The summed E-state index contributed by atoms with van der Waals surface area (Å²) in [5, 5.41) is 8.53. The van der Waals surface area contributed by atoms with E-state index in [0.29, 0.717) is 18.0 Å². The van der Waals surface area contributed by atoms with Gasteiger partial charge in [-0.25, -0.2) is 0 Å². The SMILES string of the molecule is O=C(CNC(=O)c1cccc(Br)c1)NCC1CNC1. The van der Waals surface area contributed by atoms with Crippen molar-refractivity contribution in [3.8, 4) is 0 Å². The largest absolute Gasteiger partial charge is 0.354 e. The molecule has 1 aliphatic heterocycles. The molecule has 0 bridgehead atoms. The Hall–Kier alpha value is -1.40. The third-order valence-electron chi connectivity index (χ3n) is 2.95. The number of hydrogen-bond acceptors (Lipinski definition) is 3. The number of hydrogen-bond donors (Lipinski definition) is 3. The van der Waals surface area contributed by atoms with E-state index in [1.54, 1.807) is 18.2 Å². The predicted molar refractivity (Wildman–Crippen MR) is 75.8 cm³/mol. The van der Waals surface area contributed by atoms with Crippen molar-refractivity contribution in [2.45, 2.75) is 0 Å². The highest BCUT2D eigenvalue weighted by molar-refractivity contribution is 9.10. The molecule has 0 aliphatic carbocycles. The van der Waals surface area contributed by atoms with Crippen LogP contribution in [0.1, 0.15) is 10.4 Å². The van der Waals surface area contributed by atoms with E-state index in [4.69, 9.17) is 0 Å². The van der Waals surface area contributed by atoms with Crippen LogP contribution in [-0.4, -0.2) is 38.0 Å². The fourth-order valence-corrected chi connectivity index (χ4v) is 2.11. The Labute approximate surface area is 120 Å². The summed E-state index contributed by atoms with van der Waals surface area (Å²) in [6, 6.07) is 7.05. The fourth-order valence-electron chi connectivity index (χ4n) is 1.71. The van der Waals surface area contributed by atoms with Crippen molar-refractivity contribution in [2.75, 3.05) is 26.2 Å². The Morgan fingerprint density at radius 1 is 1.32 bits per heavy atom. The molecule has 1 aromatic rings. The average molecular weight is 326 g/mol. The number of carbonyl (C=O) groups excluding carboxylic acids is 2. The Kier molecular flexibility index (Phi) is 4.93. The van der Waals surface area contributed by atoms with Gasteiger partial charge in [-0.15, -0.1) is 0 Å². The molecule has 1 fully saturated rings. The van der Waals surface area contributed by atoms with E-state index in [1.165, 1.54) is 0 Å². The Morgan fingerprint density at radius 2 is 2.11 bits per heavy atom. The van der Waals surface area contributed by atoms with Gasteiger partial charge in [0.15, 0.2) is 0 Å². The lowest BCUT2D eigenvalue weighted by molar-refractivity contribution is -0.120. The summed E-state index contributed by atoms with van der Waals surface area (Å²) in [5.74, 6) is 0.113. The molecule has 1 heterocycles. The first kappa shape index (κ1) is 14.0. The van der Waals surface area contributed by atoms with E-state index in [9.17, 15) is 9.59 Å². The van der Waals surface area contributed by atoms with Gasteiger partial charge in [0.25, 0.3) is 5.91 Å². The number of rotatable bonds is 5. The first-order valence-corrected chi connectivity index (χ1v) is 6.95. The molecular weight excluding hydrogens is 310 g/mol. The second kappa shape index (κ2) is 6.68. The molecule has 6 heteroatoms. The molecular formula is C13H16BrN3O2. The molecule has 1 aliphatic rings. The molecule has 0 unspecified atom stereocenters. The third-order valence-corrected chi connectivity index (χ3v) is 3.44. The fraction of sp³-hybridized carbons (Fsp3) is 0.385. The van der Waals surface area contributed by atoms with Crippen LogP contribution < -0.4 is 16.0 Å². The Balaban J connectivity index is 1.71. The van der Waals surface area contributed by atoms with Gasteiger partial charge in [0, 0.05) is 35.6 Å². The minimum Gasteiger partial charge on any atom is -0.354 e. The Morgan fingerprint density at radius 3 is 2.74 bits per heavy atom. The molecule has 0 aromatic heterocycles. The highest BCUT2D eigenvalue weighted by atomic mass is 79.9. The Bertz CT molecular complexity index is 475. The summed E-state index contributed by atoms with van der Waals surface area (Å²) in [5.41, 5.74) is 0.533. The van der Waals surface area contributed by atoms with Gasteiger partial charge < -0.3 is 16.0 Å². The first-order valence-electron chi connectivity index (χ1n) is 6.16. The van der Waals surface area contributed by atoms with Crippen LogP contribution in [0.25, 0.3) is 0 Å². The van der Waals surface area contributed by atoms with Crippen LogP contribution >= 0.6 is 15.9 Å². The van der Waals surface area contributed by atoms with Gasteiger partial charge in [0.2, 0.25) is 5.91 Å². The minimum atomic E-state index is -0.248. The summed E-state index contributed by atoms with van der Waals surface area (Å²) >= 11 is 3.30. The van der Waals surface area contributed by atoms with Crippen molar-refractivity contribution in [1.29, 1.82) is 0 Å². The lowest BCUT2D eigenvalue weighted by atomic mass is 10.0. The number of carbonyl (C=O) groups is 2. The normalized spacial score (nSPS) is 14.6. The third kappa shape index (κ3) is 4.33. The van der Waals surface area contributed by atoms with Crippen molar-refractivity contribution < 1.29 is 9.59 Å². The summed E-state index contributed by atoms with van der Waals surface area (Å²) in [7, 11) is 0. The van der Waals surface area contributed by atoms with E-state index < -0.39 is 0 Å². The average Bonchev–Trinajstić information content (AvgIpc) is 2.34. The highest BCUT2D eigenvalue weighted by Gasteiger charge is 2.17. The van der Waals surface area contributed by atoms with Crippen LogP contribution in [-0.2, 0) is 4.79 Å². The van der Waals surface area contributed by atoms with Crippen molar-refractivity contribution >= 4 is 27.7 Å². The molecule has 19 heavy (non-hydrogen) atoms. The molecule has 1 aromatic carbocycles. The van der Waals surface area contributed by atoms with Crippen LogP contribution in [0.3, 0.4) is 0 Å². The standard InChI is InChI=1S/C13H16BrN3O2/c14-11-3-1-2-10(4-11)13(19)17-8-12(18)16-7-9-5-15-6-9/h1-4,9,15H,5-8H2,(H,16,18)(H,17,19). The number of amides is 2. The summed E-state index contributed by atoms with van der Waals surface area (Å²) < 4.78 is 0.835. The second-order valence-corrected chi connectivity index (χ2v) is 5.44.